The number of thiazole rings is 1. The predicted octanol–water partition coefficient (Wildman–Crippen LogP) is 2.37. The van der Waals surface area contributed by atoms with Gasteiger partial charge in [-0.25, -0.2) is 4.98 Å². The number of hydrogen-bond acceptors (Lipinski definition) is 6. The summed E-state index contributed by atoms with van der Waals surface area (Å²) in [5.74, 6) is 0. The molecule has 3 rings (SSSR count). The molecule has 2 atom stereocenters. The predicted molar refractivity (Wildman–Crippen MR) is 89.7 cm³/mol. The Morgan fingerprint density at radius 2 is 2.09 bits per heavy atom. The molecule has 0 aliphatic carbocycles. The van der Waals surface area contributed by atoms with Crippen molar-refractivity contribution in [3.8, 4) is 0 Å². The summed E-state index contributed by atoms with van der Waals surface area (Å²) in [5, 5.41) is 1.14. The third-order valence-electron chi connectivity index (χ3n) is 4.51. The SMILES string of the molecule is CCN(CC)c1ncc(CN2CCO[C@@H]([C@H]3CCCO3)C2)s1. The number of hydrogen-bond donors (Lipinski definition) is 0. The van der Waals surface area contributed by atoms with E-state index in [-0.39, 0.29) is 6.10 Å². The first-order chi connectivity index (χ1) is 10.8. The highest BCUT2D eigenvalue weighted by Crippen LogP contribution is 2.25. The van der Waals surface area contributed by atoms with Crippen molar-refractivity contribution >= 4 is 16.5 Å². The molecule has 1 aromatic heterocycles. The second kappa shape index (κ2) is 7.73. The third kappa shape index (κ3) is 3.79. The molecular formula is C16H27N3O2S. The zero-order chi connectivity index (χ0) is 15.4. The summed E-state index contributed by atoms with van der Waals surface area (Å²) in [5.41, 5.74) is 0. The van der Waals surface area contributed by atoms with Crippen LogP contribution in [0.25, 0.3) is 0 Å². The normalized spacial score (nSPS) is 26.5. The lowest BCUT2D eigenvalue weighted by Crippen LogP contribution is -2.47. The summed E-state index contributed by atoms with van der Waals surface area (Å²) in [6, 6.07) is 0. The molecule has 0 amide bonds. The van der Waals surface area contributed by atoms with Crippen LogP contribution in [0, 0.1) is 0 Å². The smallest absolute Gasteiger partial charge is 0.185 e. The van der Waals surface area contributed by atoms with Gasteiger partial charge >= 0.3 is 0 Å². The molecule has 0 radical (unpaired) electrons. The largest absolute Gasteiger partial charge is 0.375 e. The summed E-state index contributed by atoms with van der Waals surface area (Å²) in [4.78, 5) is 10.7. The quantitative estimate of drug-likeness (QED) is 0.803. The summed E-state index contributed by atoms with van der Waals surface area (Å²) >= 11 is 1.82. The third-order valence-corrected chi connectivity index (χ3v) is 5.55. The lowest BCUT2D eigenvalue weighted by Gasteiger charge is -2.35. The van der Waals surface area contributed by atoms with E-state index in [1.165, 1.54) is 11.3 Å². The van der Waals surface area contributed by atoms with E-state index in [4.69, 9.17) is 9.47 Å². The molecule has 0 spiro atoms. The van der Waals surface area contributed by atoms with Gasteiger partial charge in [0.25, 0.3) is 0 Å². The summed E-state index contributed by atoms with van der Waals surface area (Å²) in [7, 11) is 0. The van der Waals surface area contributed by atoms with Crippen LogP contribution >= 0.6 is 11.3 Å². The minimum Gasteiger partial charge on any atom is -0.375 e. The fourth-order valence-corrected chi connectivity index (χ4v) is 4.31. The molecule has 2 fully saturated rings. The van der Waals surface area contributed by atoms with Gasteiger partial charge in [-0.3, -0.25) is 4.90 Å². The Morgan fingerprint density at radius 1 is 1.27 bits per heavy atom. The van der Waals surface area contributed by atoms with Gasteiger partial charge in [0.05, 0.1) is 18.8 Å². The van der Waals surface area contributed by atoms with E-state index >= 15 is 0 Å². The van der Waals surface area contributed by atoms with E-state index in [1.54, 1.807) is 0 Å². The molecule has 3 heterocycles. The van der Waals surface area contributed by atoms with Gasteiger partial charge in [-0.2, -0.15) is 0 Å². The first kappa shape index (κ1) is 16.2. The molecule has 0 aromatic carbocycles. The molecule has 5 nitrogen and oxygen atoms in total. The van der Waals surface area contributed by atoms with Gasteiger partial charge in [0.15, 0.2) is 5.13 Å². The highest BCUT2D eigenvalue weighted by molar-refractivity contribution is 7.15. The van der Waals surface area contributed by atoms with Gasteiger partial charge in [-0.15, -0.1) is 11.3 Å². The Morgan fingerprint density at radius 3 is 2.82 bits per heavy atom. The van der Waals surface area contributed by atoms with E-state index in [1.807, 2.05) is 17.5 Å². The van der Waals surface area contributed by atoms with Crippen LogP contribution in [0.2, 0.25) is 0 Å². The van der Waals surface area contributed by atoms with Crippen molar-refractivity contribution in [1.29, 1.82) is 0 Å². The van der Waals surface area contributed by atoms with Crippen molar-refractivity contribution in [2.75, 3.05) is 44.3 Å². The molecule has 0 saturated carbocycles. The van der Waals surface area contributed by atoms with Gasteiger partial charge in [-0.1, -0.05) is 0 Å². The Labute approximate surface area is 137 Å². The number of anilines is 1. The van der Waals surface area contributed by atoms with Crippen molar-refractivity contribution < 1.29 is 9.47 Å². The van der Waals surface area contributed by atoms with Crippen molar-refractivity contribution in [2.24, 2.45) is 0 Å². The molecule has 124 valence electrons. The van der Waals surface area contributed by atoms with E-state index in [0.717, 1.165) is 57.5 Å². The minimum atomic E-state index is 0.242. The van der Waals surface area contributed by atoms with E-state index < -0.39 is 0 Å². The second-order valence-corrected chi connectivity index (χ2v) is 7.07. The van der Waals surface area contributed by atoms with Gasteiger partial charge < -0.3 is 14.4 Å². The number of morpholine rings is 1. The standard InChI is InChI=1S/C16H27N3O2S/c1-3-19(4-2)16-17-10-13(22-16)11-18-7-9-21-15(12-18)14-6-5-8-20-14/h10,14-15H,3-9,11-12H2,1-2H3/t14-,15-/m1/s1. The first-order valence-electron chi connectivity index (χ1n) is 8.45. The minimum absolute atomic E-state index is 0.242. The highest BCUT2D eigenvalue weighted by Gasteiger charge is 2.31. The zero-order valence-electron chi connectivity index (χ0n) is 13.7. The number of nitrogens with zero attached hydrogens (tertiary/aromatic N) is 3. The van der Waals surface area contributed by atoms with Crippen LogP contribution in [0.4, 0.5) is 5.13 Å². The van der Waals surface area contributed by atoms with Crippen LogP contribution in [-0.2, 0) is 16.0 Å². The summed E-state index contributed by atoms with van der Waals surface area (Å²) in [6.45, 7) is 11.1. The zero-order valence-corrected chi connectivity index (χ0v) is 14.5. The van der Waals surface area contributed by atoms with Gasteiger partial charge in [0, 0.05) is 50.4 Å². The lowest BCUT2D eigenvalue weighted by atomic mass is 10.1. The molecule has 2 saturated heterocycles. The molecule has 0 bridgehead atoms. The van der Waals surface area contributed by atoms with Crippen LogP contribution in [0.15, 0.2) is 6.20 Å². The Kier molecular flexibility index (Phi) is 5.68. The van der Waals surface area contributed by atoms with E-state index in [0.29, 0.717) is 6.10 Å². The molecule has 2 aliphatic heterocycles. The van der Waals surface area contributed by atoms with Crippen molar-refractivity contribution in [3.63, 3.8) is 0 Å². The average Bonchev–Trinajstić information content (AvgIpc) is 3.21. The van der Waals surface area contributed by atoms with Crippen LogP contribution in [0.5, 0.6) is 0 Å². The van der Waals surface area contributed by atoms with Crippen molar-refractivity contribution in [2.45, 2.75) is 45.4 Å². The molecule has 2 aliphatic rings. The topological polar surface area (TPSA) is 37.8 Å². The van der Waals surface area contributed by atoms with Crippen LogP contribution in [-0.4, -0.2) is 61.5 Å². The molecular weight excluding hydrogens is 298 g/mol. The van der Waals surface area contributed by atoms with Crippen molar-refractivity contribution in [3.05, 3.63) is 11.1 Å². The molecule has 22 heavy (non-hydrogen) atoms. The maximum Gasteiger partial charge on any atom is 0.185 e. The van der Waals surface area contributed by atoms with Crippen LogP contribution in [0.1, 0.15) is 31.6 Å². The number of rotatable bonds is 6. The first-order valence-corrected chi connectivity index (χ1v) is 9.27. The molecule has 1 aromatic rings. The molecule has 0 unspecified atom stereocenters. The Balaban J connectivity index is 1.56. The maximum absolute atomic E-state index is 5.92. The van der Waals surface area contributed by atoms with Gasteiger partial charge in [0.2, 0.25) is 0 Å². The Hall–Kier alpha value is -0.690. The average molecular weight is 325 g/mol. The van der Waals surface area contributed by atoms with Crippen molar-refractivity contribution in [1.82, 2.24) is 9.88 Å². The van der Waals surface area contributed by atoms with Gasteiger partial charge in [0.1, 0.15) is 0 Å². The second-order valence-electron chi connectivity index (χ2n) is 5.98. The van der Waals surface area contributed by atoms with Gasteiger partial charge in [-0.05, 0) is 26.7 Å². The molecule has 0 N–H and O–H groups in total. The summed E-state index contributed by atoms with van der Waals surface area (Å²) in [6.07, 6.45) is 4.90. The molecule has 6 heteroatoms. The lowest BCUT2D eigenvalue weighted by molar-refractivity contribution is -0.0958. The fraction of sp³-hybridized carbons (Fsp3) is 0.812. The number of aromatic nitrogens is 1. The monoisotopic (exact) mass is 325 g/mol. The Bertz CT molecular complexity index is 458. The maximum atomic E-state index is 5.92. The van der Waals surface area contributed by atoms with E-state index in [2.05, 4.69) is 28.6 Å². The summed E-state index contributed by atoms with van der Waals surface area (Å²) < 4.78 is 11.7. The highest BCUT2D eigenvalue weighted by atomic mass is 32.1. The van der Waals surface area contributed by atoms with Crippen LogP contribution in [0.3, 0.4) is 0 Å². The van der Waals surface area contributed by atoms with Crippen LogP contribution < -0.4 is 4.90 Å². The number of ether oxygens (including phenoxy) is 2. The van der Waals surface area contributed by atoms with E-state index in [9.17, 15) is 0 Å². The fourth-order valence-electron chi connectivity index (χ4n) is 3.23.